The lowest BCUT2D eigenvalue weighted by molar-refractivity contribution is -0.117. The van der Waals surface area contributed by atoms with Gasteiger partial charge in [-0.1, -0.05) is 23.2 Å². The van der Waals surface area contributed by atoms with Crippen LogP contribution in [-0.4, -0.2) is 25.0 Å². The van der Waals surface area contributed by atoms with Gasteiger partial charge in [0.25, 0.3) is 0 Å². The lowest BCUT2D eigenvalue weighted by Gasteiger charge is -2.17. The molecule has 1 N–H and O–H groups in total. The lowest BCUT2D eigenvalue weighted by atomic mass is 10.2. The van der Waals surface area contributed by atoms with Crippen LogP contribution in [0.1, 0.15) is 31.2 Å². The van der Waals surface area contributed by atoms with Crippen LogP contribution in [0.15, 0.2) is 36.4 Å². The average molecular weight is 421 g/mol. The predicted molar refractivity (Wildman–Crippen MR) is 113 cm³/mol. The molecule has 1 saturated heterocycles. The highest BCUT2D eigenvalue weighted by Crippen LogP contribution is 2.30. The molecular formula is C21H22Cl2N2O3. The summed E-state index contributed by atoms with van der Waals surface area (Å²) >= 11 is 12.2. The smallest absolute Gasteiger partial charge is 0.227 e. The Hall–Kier alpha value is -2.24. The molecule has 0 aliphatic carbocycles. The molecule has 0 saturated carbocycles. The number of ether oxygens (including phenoxy) is 1. The van der Waals surface area contributed by atoms with E-state index in [1.165, 1.54) is 0 Å². The highest BCUT2D eigenvalue weighted by atomic mass is 35.5. The summed E-state index contributed by atoms with van der Waals surface area (Å²) < 4.78 is 5.66. The zero-order valence-electron chi connectivity index (χ0n) is 15.6. The van der Waals surface area contributed by atoms with Crippen LogP contribution >= 0.6 is 23.2 Å². The monoisotopic (exact) mass is 420 g/mol. The van der Waals surface area contributed by atoms with E-state index >= 15 is 0 Å². The highest BCUT2D eigenvalue weighted by molar-refractivity contribution is 6.34. The number of hydrogen-bond donors (Lipinski definition) is 1. The van der Waals surface area contributed by atoms with Gasteiger partial charge in [-0.25, -0.2) is 0 Å². The van der Waals surface area contributed by atoms with Crippen molar-refractivity contribution in [3.8, 4) is 5.75 Å². The van der Waals surface area contributed by atoms with Crippen LogP contribution in [-0.2, 0) is 9.59 Å². The zero-order valence-corrected chi connectivity index (χ0v) is 17.1. The molecule has 0 radical (unpaired) electrons. The molecule has 1 heterocycles. The maximum Gasteiger partial charge on any atom is 0.227 e. The van der Waals surface area contributed by atoms with Gasteiger partial charge in [0.2, 0.25) is 11.8 Å². The second-order valence-corrected chi connectivity index (χ2v) is 7.54. The fourth-order valence-electron chi connectivity index (χ4n) is 3.04. The summed E-state index contributed by atoms with van der Waals surface area (Å²) in [5.74, 6) is 0.671. The van der Waals surface area contributed by atoms with Crippen molar-refractivity contribution in [2.75, 3.05) is 23.4 Å². The minimum absolute atomic E-state index is 0.0918. The van der Waals surface area contributed by atoms with Gasteiger partial charge in [0.1, 0.15) is 5.75 Å². The lowest BCUT2D eigenvalue weighted by Crippen LogP contribution is -2.23. The van der Waals surface area contributed by atoms with Gasteiger partial charge in [-0.15, -0.1) is 0 Å². The number of carbonyl (C=O) groups excluding carboxylic acids is 2. The van der Waals surface area contributed by atoms with E-state index < -0.39 is 0 Å². The molecule has 2 aromatic carbocycles. The normalized spacial score (nSPS) is 13.7. The van der Waals surface area contributed by atoms with Crippen molar-refractivity contribution in [1.29, 1.82) is 0 Å². The van der Waals surface area contributed by atoms with Crippen molar-refractivity contribution in [3.05, 3.63) is 52.0 Å². The number of benzene rings is 2. The molecule has 148 valence electrons. The number of rotatable bonds is 7. The minimum atomic E-state index is -0.150. The molecule has 28 heavy (non-hydrogen) atoms. The average Bonchev–Trinajstić information content (AvgIpc) is 3.09. The van der Waals surface area contributed by atoms with E-state index in [1.807, 2.05) is 13.0 Å². The molecule has 0 spiro atoms. The fourth-order valence-corrected chi connectivity index (χ4v) is 3.32. The van der Waals surface area contributed by atoms with Crippen LogP contribution < -0.4 is 15.0 Å². The molecule has 2 aromatic rings. The van der Waals surface area contributed by atoms with Crippen molar-refractivity contribution < 1.29 is 14.3 Å². The van der Waals surface area contributed by atoms with Crippen molar-refractivity contribution in [2.24, 2.45) is 0 Å². The highest BCUT2D eigenvalue weighted by Gasteiger charge is 2.22. The maximum absolute atomic E-state index is 12.2. The number of carbonyl (C=O) groups is 2. The second kappa shape index (κ2) is 9.30. The number of nitrogens with zero attached hydrogens (tertiary/aromatic N) is 1. The Morgan fingerprint density at radius 3 is 2.68 bits per heavy atom. The van der Waals surface area contributed by atoms with Gasteiger partial charge in [0, 0.05) is 30.1 Å². The van der Waals surface area contributed by atoms with Crippen LogP contribution in [0.5, 0.6) is 5.75 Å². The van der Waals surface area contributed by atoms with Gasteiger partial charge in [-0.3, -0.25) is 9.59 Å². The standard InChI is InChI=1S/C21H22Cl2N2O3/c1-14-12-16(7-9-17(14)22)28-11-3-4-20(26)24-19-13-15(6-8-18(19)23)25-10-2-5-21(25)27/h6-9,12-13H,2-5,10-11H2,1H3,(H,24,26). The zero-order chi connectivity index (χ0) is 20.1. The molecule has 0 unspecified atom stereocenters. The Balaban J connectivity index is 1.50. The molecule has 3 rings (SSSR count). The summed E-state index contributed by atoms with van der Waals surface area (Å²) in [5, 5.41) is 3.96. The Morgan fingerprint density at radius 1 is 1.18 bits per heavy atom. The van der Waals surface area contributed by atoms with Crippen LogP contribution in [0.2, 0.25) is 10.0 Å². The summed E-state index contributed by atoms with van der Waals surface area (Å²) in [7, 11) is 0. The molecule has 0 atom stereocenters. The summed E-state index contributed by atoms with van der Waals surface area (Å²) in [4.78, 5) is 25.9. The van der Waals surface area contributed by atoms with Gasteiger partial charge in [-0.2, -0.15) is 0 Å². The number of halogens is 2. The molecule has 7 heteroatoms. The number of nitrogens with one attached hydrogen (secondary N) is 1. The van der Waals surface area contributed by atoms with Gasteiger partial charge in [0.05, 0.1) is 17.3 Å². The van der Waals surface area contributed by atoms with Crippen molar-refractivity contribution in [1.82, 2.24) is 0 Å². The topological polar surface area (TPSA) is 58.6 Å². The van der Waals surface area contributed by atoms with Crippen LogP contribution in [0.25, 0.3) is 0 Å². The van der Waals surface area contributed by atoms with E-state index in [-0.39, 0.29) is 11.8 Å². The fraction of sp³-hybridized carbons (Fsp3) is 0.333. The van der Waals surface area contributed by atoms with Crippen LogP contribution in [0.3, 0.4) is 0 Å². The largest absolute Gasteiger partial charge is 0.494 e. The molecular weight excluding hydrogens is 399 g/mol. The SMILES string of the molecule is Cc1cc(OCCCC(=O)Nc2cc(N3CCCC3=O)ccc2Cl)ccc1Cl. The van der Waals surface area contributed by atoms with E-state index in [4.69, 9.17) is 27.9 Å². The van der Waals surface area contributed by atoms with Crippen LogP contribution in [0, 0.1) is 6.92 Å². The molecule has 2 amide bonds. The van der Waals surface area contributed by atoms with Crippen molar-refractivity contribution in [2.45, 2.75) is 32.6 Å². The number of aryl methyl sites for hydroxylation is 1. The first-order valence-corrected chi connectivity index (χ1v) is 9.98. The molecule has 5 nitrogen and oxygen atoms in total. The van der Waals surface area contributed by atoms with E-state index in [9.17, 15) is 9.59 Å². The first-order chi connectivity index (χ1) is 13.4. The van der Waals surface area contributed by atoms with E-state index in [2.05, 4.69) is 5.32 Å². The third-order valence-corrected chi connectivity index (χ3v) is 5.31. The molecule has 1 aliphatic rings. The van der Waals surface area contributed by atoms with E-state index in [0.29, 0.717) is 48.1 Å². The molecule has 1 fully saturated rings. The first kappa shape index (κ1) is 20.5. The van der Waals surface area contributed by atoms with E-state index in [0.717, 1.165) is 23.4 Å². The number of anilines is 2. The molecule has 0 aromatic heterocycles. The molecule has 0 bridgehead atoms. The summed E-state index contributed by atoms with van der Waals surface area (Å²) in [6, 6.07) is 10.7. The van der Waals surface area contributed by atoms with Gasteiger partial charge in [-0.05, 0) is 61.7 Å². The maximum atomic E-state index is 12.2. The van der Waals surface area contributed by atoms with Gasteiger partial charge in [0.15, 0.2) is 0 Å². The summed E-state index contributed by atoms with van der Waals surface area (Å²) in [6.45, 7) is 3.02. The number of hydrogen-bond acceptors (Lipinski definition) is 3. The predicted octanol–water partition coefficient (Wildman–Crippen LogP) is 5.23. The van der Waals surface area contributed by atoms with Crippen molar-refractivity contribution in [3.63, 3.8) is 0 Å². The van der Waals surface area contributed by atoms with Crippen LogP contribution in [0.4, 0.5) is 11.4 Å². The molecule has 1 aliphatic heterocycles. The Morgan fingerprint density at radius 2 is 1.96 bits per heavy atom. The Kier molecular flexibility index (Phi) is 6.81. The summed E-state index contributed by atoms with van der Waals surface area (Å²) in [5.41, 5.74) is 2.21. The van der Waals surface area contributed by atoms with Gasteiger partial charge < -0.3 is 15.0 Å². The van der Waals surface area contributed by atoms with E-state index in [1.54, 1.807) is 35.2 Å². The third-order valence-electron chi connectivity index (χ3n) is 4.56. The Bertz CT molecular complexity index is 886. The quantitative estimate of drug-likeness (QED) is 0.623. The summed E-state index contributed by atoms with van der Waals surface area (Å²) in [6.07, 6.45) is 2.26. The van der Waals surface area contributed by atoms with Crippen molar-refractivity contribution >= 4 is 46.4 Å². The number of amides is 2. The second-order valence-electron chi connectivity index (χ2n) is 6.72. The minimum Gasteiger partial charge on any atom is -0.494 e. The van der Waals surface area contributed by atoms with Gasteiger partial charge >= 0.3 is 0 Å². The Labute approximate surface area is 174 Å². The first-order valence-electron chi connectivity index (χ1n) is 9.23. The third kappa shape index (κ3) is 5.18.